The summed E-state index contributed by atoms with van der Waals surface area (Å²) in [5.74, 6) is -1.45. The first-order valence-electron chi connectivity index (χ1n) is 5.15. The Morgan fingerprint density at radius 2 is 1.76 bits per heavy atom. The third-order valence-corrected chi connectivity index (χ3v) is 2.32. The van der Waals surface area contributed by atoms with Gasteiger partial charge in [0.25, 0.3) is 0 Å². The standard InChI is InChI=1S/C10H15FO6/c1-4-8(14)9(16-5(2)12)7(11)10(15-4)17-6(3)13/h4,7-10,14H,1-3H3/t4-,7?,8+,9-,10?/m0/s1. The molecule has 1 saturated heterocycles. The van der Waals surface area contributed by atoms with E-state index >= 15 is 0 Å². The normalized spacial score (nSPS) is 37.4. The van der Waals surface area contributed by atoms with Gasteiger partial charge in [-0.2, -0.15) is 0 Å². The van der Waals surface area contributed by atoms with Crippen LogP contribution in [0.25, 0.3) is 0 Å². The molecule has 0 aromatic rings. The molecular weight excluding hydrogens is 235 g/mol. The van der Waals surface area contributed by atoms with Gasteiger partial charge < -0.3 is 19.3 Å². The average molecular weight is 250 g/mol. The van der Waals surface area contributed by atoms with E-state index in [1.165, 1.54) is 6.92 Å². The summed E-state index contributed by atoms with van der Waals surface area (Å²) >= 11 is 0. The molecule has 5 atom stereocenters. The summed E-state index contributed by atoms with van der Waals surface area (Å²) in [5, 5.41) is 9.63. The van der Waals surface area contributed by atoms with Crippen molar-refractivity contribution in [2.75, 3.05) is 0 Å². The van der Waals surface area contributed by atoms with E-state index in [2.05, 4.69) is 9.47 Å². The molecule has 0 radical (unpaired) electrons. The summed E-state index contributed by atoms with van der Waals surface area (Å²) in [4.78, 5) is 21.5. The maximum Gasteiger partial charge on any atom is 0.305 e. The number of carbonyl (C=O) groups excluding carboxylic acids is 2. The molecule has 0 aliphatic carbocycles. The zero-order chi connectivity index (χ0) is 13.2. The molecule has 1 fully saturated rings. The van der Waals surface area contributed by atoms with Crippen LogP contribution in [0.3, 0.4) is 0 Å². The number of aliphatic hydroxyl groups excluding tert-OH is 1. The molecule has 17 heavy (non-hydrogen) atoms. The summed E-state index contributed by atoms with van der Waals surface area (Å²) in [5.41, 5.74) is 0. The van der Waals surface area contributed by atoms with Crippen molar-refractivity contribution in [2.24, 2.45) is 0 Å². The smallest absolute Gasteiger partial charge is 0.305 e. The van der Waals surface area contributed by atoms with Crippen molar-refractivity contribution in [3.8, 4) is 0 Å². The number of hydrogen-bond donors (Lipinski definition) is 1. The van der Waals surface area contributed by atoms with Crippen molar-refractivity contribution >= 4 is 11.9 Å². The fourth-order valence-electron chi connectivity index (χ4n) is 1.56. The van der Waals surface area contributed by atoms with Gasteiger partial charge in [-0.05, 0) is 6.92 Å². The van der Waals surface area contributed by atoms with Crippen molar-refractivity contribution in [1.29, 1.82) is 0 Å². The molecule has 1 aliphatic rings. The lowest BCUT2D eigenvalue weighted by Gasteiger charge is -2.38. The summed E-state index contributed by atoms with van der Waals surface area (Å²) in [7, 11) is 0. The molecule has 1 heterocycles. The second-order valence-corrected chi connectivity index (χ2v) is 3.83. The molecule has 0 spiro atoms. The molecule has 0 aromatic heterocycles. The van der Waals surface area contributed by atoms with E-state index in [1.54, 1.807) is 0 Å². The first-order chi connectivity index (χ1) is 7.82. The van der Waals surface area contributed by atoms with Gasteiger partial charge in [0, 0.05) is 13.8 Å². The maximum atomic E-state index is 13.8. The number of hydrogen-bond acceptors (Lipinski definition) is 6. The van der Waals surface area contributed by atoms with Crippen LogP contribution in [0, 0.1) is 0 Å². The predicted molar refractivity (Wildman–Crippen MR) is 52.6 cm³/mol. The second kappa shape index (κ2) is 5.42. The number of rotatable bonds is 2. The van der Waals surface area contributed by atoms with Crippen LogP contribution in [-0.4, -0.2) is 47.8 Å². The molecular formula is C10H15FO6. The summed E-state index contributed by atoms with van der Waals surface area (Å²) < 4.78 is 28.0. The SMILES string of the molecule is CC(=O)OC1O[C@@H](C)[C@@H](O)[C@@H](OC(C)=O)C1F. The largest absolute Gasteiger partial charge is 0.456 e. The molecule has 0 aromatic carbocycles. The van der Waals surface area contributed by atoms with Gasteiger partial charge in [-0.15, -0.1) is 0 Å². The van der Waals surface area contributed by atoms with Crippen LogP contribution in [0.2, 0.25) is 0 Å². The summed E-state index contributed by atoms with van der Waals surface area (Å²) in [6.45, 7) is 3.66. The number of halogens is 1. The van der Waals surface area contributed by atoms with Crippen LogP contribution < -0.4 is 0 Å². The number of carbonyl (C=O) groups is 2. The van der Waals surface area contributed by atoms with Gasteiger partial charge in [0.2, 0.25) is 12.5 Å². The number of ether oxygens (including phenoxy) is 3. The molecule has 2 unspecified atom stereocenters. The van der Waals surface area contributed by atoms with Gasteiger partial charge in [0.15, 0.2) is 6.10 Å². The van der Waals surface area contributed by atoms with Crippen LogP contribution in [0.1, 0.15) is 20.8 Å². The highest BCUT2D eigenvalue weighted by Crippen LogP contribution is 2.26. The molecule has 1 rings (SSSR count). The van der Waals surface area contributed by atoms with Crippen molar-refractivity contribution in [2.45, 2.75) is 51.5 Å². The quantitative estimate of drug-likeness (QED) is 0.690. The Morgan fingerprint density at radius 3 is 2.24 bits per heavy atom. The van der Waals surface area contributed by atoms with Gasteiger partial charge in [-0.3, -0.25) is 9.59 Å². The molecule has 7 heteroatoms. The predicted octanol–water partition coefficient (Wildman–Crippen LogP) is -0.0750. The van der Waals surface area contributed by atoms with Gasteiger partial charge in [-0.1, -0.05) is 0 Å². The highest BCUT2D eigenvalue weighted by atomic mass is 19.1. The number of aliphatic hydroxyl groups is 1. The fourth-order valence-corrected chi connectivity index (χ4v) is 1.56. The van der Waals surface area contributed by atoms with Gasteiger partial charge >= 0.3 is 11.9 Å². The Bertz CT molecular complexity index is 307. The van der Waals surface area contributed by atoms with Crippen LogP contribution >= 0.6 is 0 Å². The zero-order valence-corrected chi connectivity index (χ0v) is 9.75. The van der Waals surface area contributed by atoms with Crippen molar-refractivity contribution < 1.29 is 33.3 Å². The van der Waals surface area contributed by atoms with Crippen LogP contribution in [0.15, 0.2) is 0 Å². The lowest BCUT2D eigenvalue weighted by atomic mass is 10.0. The molecule has 0 amide bonds. The highest BCUT2D eigenvalue weighted by molar-refractivity contribution is 5.66. The summed E-state index contributed by atoms with van der Waals surface area (Å²) in [6.07, 6.45) is -6.92. The Labute approximate surface area is 97.6 Å². The van der Waals surface area contributed by atoms with E-state index in [-0.39, 0.29) is 0 Å². The van der Waals surface area contributed by atoms with Crippen molar-refractivity contribution in [1.82, 2.24) is 0 Å². The zero-order valence-electron chi connectivity index (χ0n) is 9.75. The van der Waals surface area contributed by atoms with E-state index in [1.807, 2.05) is 0 Å². The van der Waals surface area contributed by atoms with Crippen molar-refractivity contribution in [3.63, 3.8) is 0 Å². The molecule has 0 bridgehead atoms. The van der Waals surface area contributed by atoms with Gasteiger partial charge in [0.1, 0.15) is 6.10 Å². The first kappa shape index (κ1) is 13.9. The Hall–Kier alpha value is -1.21. The lowest BCUT2D eigenvalue weighted by molar-refractivity contribution is -0.272. The van der Waals surface area contributed by atoms with Crippen LogP contribution in [0.5, 0.6) is 0 Å². The average Bonchev–Trinajstić information content (AvgIpc) is 2.20. The van der Waals surface area contributed by atoms with E-state index in [0.717, 1.165) is 13.8 Å². The van der Waals surface area contributed by atoms with E-state index < -0.39 is 42.7 Å². The third-order valence-electron chi connectivity index (χ3n) is 2.32. The van der Waals surface area contributed by atoms with E-state index in [0.29, 0.717) is 0 Å². The minimum absolute atomic E-state index is 0.720. The topological polar surface area (TPSA) is 82.1 Å². The molecule has 1 N–H and O–H groups in total. The first-order valence-corrected chi connectivity index (χ1v) is 5.15. The lowest BCUT2D eigenvalue weighted by Crippen LogP contribution is -2.57. The van der Waals surface area contributed by atoms with Gasteiger partial charge in [0.05, 0.1) is 6.10 Å². The molecule has 98 valence electrons. The number of alkyl halides is 1. The Kier molecular flexibility index (Phi) is 4.41. The van der Waals surface area contributed by atoms with Crippen LogP contribution in [0.4, 0.5) is 4.39 Å². The van der Waals surface area contributed by atoms with E-state index in [4.69, 9.17) is 4.74 Å². The summed E-state index contributed by atoms with van der Waals surface area (Å²) in [6, 6.07) is 0. The van der Waals surface area contributed by atoms with Crippen molar-refractivity contribution in [3.05, 3.63) is 0 Å². The third kappa shape index (κ3) is 3.37. The highest BCUT2D eigenvalue weighted by Gasteiger charge is 2.47. The van der Waals surface area contributed by atoms with Gasteiger partial charge in [-0.25, -0.2) is 4.39 Å². The fraction of sp³-hybridized carbons (Fsp3) is 0.800. The minimum atomic E-state index is -1.92. The minimum Gasteiger partial charge on any atom is -0.456 e. The maximum absolute atomic E-state index is 13.8. The number of esters is 2. The molecule has 6 nitrogen and oxygen atoms in total. The Morgan fingerprint density at radius 1 is 1.24 bits per heavy atom. The monoisotopic (exact) mass is 250 g/mol. The van der Waals surface area contributed by atoms with E-state index in [9.17, 15) is 19.1 Å². The van der Waals surface area contributed by atoms with Crippen LogP contribution in [-0.2, 0) is 23.8 Å². The Balaban J connectivity index is 2.78. The second-order valence-electron chi connectivity index (χ2n) is 3.83. The molecule has 1 aliphatic heterocycles. The molecule has 0 saturated carbocycles.